The molecule has 1 rings (SSSR count). The standard InChI is InChI=1S/C12H18N2O4S/c1-9-5-6-10(2)11(7-9)14(8-12(15)16)19(17,18)13(3)4/h5-7H,8H2,1-4H3,(H,15,16). The van der Waals surface area contributed by atoms with Gasteiger partial charge in [0, 0.05) is 14.1 Å². The smallest absolute Gasteiger partial charge is 0.324 e. The van der Waals surface area contributed by atoms with Gasteiger partial charge in [-0.05, 0) is 31.0 Å². The second-order valence-electron chi connectivity index (χ2n) is 4.48. The van der Waals surface area contributed by atoms with E-state index in [-0.39, 0.29) is 0 Å². The number of aliphatic carboxylic acids is 1. The molecule has 0 amide bonds. The summed E-state index contributed by atoms with van der Waals surface area (Å²) in [5.74, 6) is -1.20. The van der Waals surface area contributed by atoms with Crippen molar-refractivity contribution in [1.82, 2.24) is 4.31 Å². The summed E-state index contributed by atoms with van der Waals surface area (Å²) in [6.07, 6.45) is 0. The van der Waals surface area contributed by atoms with Gasteiger partial charge in [0.1, 0.15) is 6.54 Å². The van der Waals surface area contributed by atoms with Crippen LogP contribution in [0.15, 0.2) is 18.2 Å². The summed E-state index contributed by atoms with van der Waals surface area (Å²) in [5.41, 5.74) is 1.96. The SMILES string of the molecule is Cc1ccc(C)c(N(CC(=O)O)S(=O)(=O)N(C)C)c1. The lowest BCUT2D eigenvalue weighted by molar-refractivity contribution is -0.135. The van der Waals surface area contributed by atoms with Crippen LogP contribution < -0.4 is 4.31 Å². The summed E-state index contributed by atoms with van der Waals surface area (Å²) in [5, 5.41) is 8.93. The van der Waals surface area contributed by atoms with Gasteiger partial charge in [-0.25, -0.2) is 4.31 Å². The molecule has 6 nitrogen and oxygen atoms in total. The van der Waals surface area contributed by atoms with Crippen LogP contribution in [0, 0.1) is 13.8 Å². The molecule has 1 N–H and O–H groups in total. The molecule has 1 aromatic carbocycles. The molecule has 19 heavy (non-hydrogen) atoms. The molecule has 0 atom stereocenters. The maximum absolute atomic E-state index is 12.2. The van der Waals surface area contributed by atoms with Gasteiger partial charge >= 0.3 is 16.2 Å². The highest BCUT2D eigenvalue weighted by Gasteiger charge is 2.28. The first-order chi connectivity index (χ1) is 8.66. The Labute approximate surface area is 113 Å². The molecule has 7 heteroatoms. The number of hydrogen-bond donors (Lipinski definition) is 1. The fourth-order valence-corrected chi connectivity index (χ4v) is 2.71. The van der Waals surface area contributed by atoms with Crippen molar-refractivity contribution in [2.24, 2.45) is 0 Å². The summed E-state index contributed by atoms with van der Waals surface area (Å²) < 4.78 is 26.3. The number of nitrogens with zero attached hydrogens (tertiary/aromatic N) is 2. The number of hydrogen-bond acceptors (Lipinski definition) is 3. The zero-order valence-corrected chi connectivity index (χ0v) is 12.2. The van der Waals surface area contributed by atoms with Crippen LogP contribution in [-0.4, -0.2) is 44.4 Å². The van der Waals surface area contributed by atoms with Crippen molar-refractivity contribution >= 4 is 21.9 Å². The van der Waals surface area contributed by atoms with Crippen molar-refractivity contribution in [1.29, 1.82) is 0 Å². The number of aryl methyl sites for hydroxylation is 2. The molecule has 0 aliphatic heterocycles. The Morgan fingerprint density at radius 2 is 1.84 bits per heavy atom. The average molecular weight is 286 g/mol. The molecule has 0 radical (unpaired) electrons. The van der Waals surface area contributed by atoms with Crippen LogP contribution >= 0.6 is 0 Å². The van der Waals surface area contributed by atoms with Crippen molar-refractivity contribution in [3.63, 3.8) is 0 Å². The van der Waals surface area contributed by atoms with E-state index in [4.69, 9.17) is 5.11 Å². The largest absolute Gasteiger partial charge is 0.480 e. The Morgan fingerprint density at radius 1 is 1.26 bits per heavy atom. The third kappa shape index (κ3) is 3.45. The summed E-state index contributed by atoms with van der Waals surface area (Å²) in [7, 11) is -1.10. The van der Waals surface area contributed by atoms with Crippen molar-refractivity contribution in [2.45, 2.75) is 13.8 Å². The Bertz CT molecular complexity index is 581. The van der Waals surface area contributed by atoms with E-state index in [0.717, 1.165) is 14.2 Å². The molecule has 0 heterocycles. The van der Waals surface area contributed by atoms with E-state index in [2.05, 4.69) is 0 Å². The second kappa shape index (κ2) is 5.58. The fourth-order valence-electron chi connectivity index (χ4n) is 1.60. The van der Waals surface area contributed by atoms with E-state index < -0.39 is 22.7 Å². The average Bonchev–Trinajstić information content (AvgIpc) is 2.29. The van der Waals surface area contributed by atoms with Crippen LogP contribution in [-0.2, 0) is 15.0 Å². The van der Waals surface area contributed by atoms with Crippen LogP contribution in [0.2, 0.25) is 0 Å². The predicted octanol–water partition coefficient (Wildman–Crippen LogP) is 1.00. The molecule has 0 aliphatic rings. The number of carbonyl (C=O) groups is 1. The number of rotatable bonds is 5. The van der Waals surface area contributed by atoms with Crippen molar-refractivity contribution < 1.29 is 18.3 Å². The first kappa shape index (κ1) is 15.5. The minimum atomic E-state index is -3.84. The Kier molecular flexibility index (Phi) is 4.54. The summed E-state index contributed by atoms with van der Waals surface area (Å²) in [6.45, 7) is 2.96. The van der Waals surface area contributed by atoms with E-state index in [1.807, 2.05) is 13.0 Å². The minimum absolute atomic E-state index is 0.385. The van der Waals surface area contributed by atoms with Crippen molar-refractivity contribution in [3.05, 3.63) is 29.3 Å². The van der Waals surface area contributed by atoms with Crippen LogP contribution in [0.4, 0.5) is 5.69 Å². The third-order valence-electron chi connectivity index (χ3n) is 2.65. The van der Waals surface area contributed by atoms with Crippen LogP contribution in [0.5, 0.6) is 0 Å². The Balaban J connectivity index is 3.40. The molecule has 106 valence electrons. The molecule has 0 fully saturated rings. The quantitative estimate of drug-likeness (QED) is 0.876. The molecular formula is C12H18N2O4S. The highest BCUT2D eigenvalue weighted by atomic mass is 32.2. The van der Waals surface area contributed by atoms with Gasteiger partial charge in [0.2, 0.25) is 0 Å². The Hall–Kier alpha value is -1.60. The molecule has 0 spiro atoms. The third-order valence-corrected chi connectivity index (χ3v) is 4.46. The molecule has 0 unspecified atom stereocenters. The first-order valence-corrected chi connectivity index (χ1v) is 7.05. The monoisotopic (exact) mass is 286 g/mol. The molecular weight excluding hydrogens is 268 g/mol. The molecule has 0 aromatic heterocycles. The van der Waals surface area contributed by atoms with Gasteiger partial charge in [-0.3, -0.25) is 4.79 Å². The van der Waals surface area contributed by atoms with Gasteiger partial charge in [0.05, 0.1) is 5.69 Å². The van der Waals surface area contributed by atoms with Crippen LogP contribution in [0.1, 0.15) is 11.1 Å². The van der Waals surface area contributed by atoms with Gasteiger partial charge in [0.25, 0.3) is 0 Å². The number of carboxylic acids is 1. The molecule has 0 saturated heterocycles. The van der Waals surface area contributed by atoms with Crippen molar-refractivity contribution in [3.8, 4) is 0 Å². The van der Waals surface area contributed by atoms with E-state index >= 15 is 0 Å². The topological polar surface area (TPSA) is 77.9 Å². The van der Waals surface area contributed by atoms with E-state index in [0.29, 0.717) is 11.3 Å². The lowest BCUT2D eigenvalue weighted by atomic mass is 10.1. The predicted molar refractivity (Wildman–Crippen MR) is 73.5 cm³/mol. The number of carboxylic acid groups (broad SMARTS) is 1. The van der Waals surface area contributed by atoms with Crippen LogP contribution in [0.3, 0.4) is 0 Å². The summed E-state index contributed by atoms with van der Waals surface area (Å²) in [4.78, 5) is 10.9. The number of benzene rings is 1. The molecule has 0 bridgehead atoms. The normalized spacial score (nSPS) is 11.6. The minimum Gasteiger partial charge on any atom is -0.480 e. The van der Waals surface area contributed by atoms with Gasteiger partial charge in [-0.15, -0.1) is 0 Å². The van der Waals surface area contributed by atoms with E-state index in [1.165, 1.54) is 14.1 Å². The van der Waals surface area contributed by atoms with Gasteiger partial charge < -0.3 is 5.11 Å². The zero-order chi connectivity index (χ0) is 14.8. The number of anilines is 1. The first-order valence-electron chi connectivity index (χ1n) is 5.65. The summed E-state index contributed by atoms with van der Waals surface area (Å²) >= 11 is 0. The van der Waals surface area contributed by atoms with Gasteiger partial charge in [-0.2, -0.15) is 12.7 Å². The lowest BCUT2D eigenvalue weighted by Gasteiger charge is -2.27. The second-order valence-corrected chi connectivity index (χ2v) is 6.55. The van der Waals surface area contributed by atoms with Crippen LogP contribution in [0.25, 0.3) is 0 Å². The fraction of sp³-hybridized carbons (Fsp3) is 0.417. The van der Waals surface area contributed by atoms with Gasteiger partial charge in [-0.1, -0.05) is 12.1 Å². The zero-order valence-electron chi connectivity index (χ0n) is 11.4. The van der Waals surface area contributed by atoms with Gasteiger partial charge in [0.15, 0.2) is 0 Å². The summed E-state index contributed by atoms with van der Waals surface area (Å²) in [6, 6.07) is 5.28. The lowest BCUT2D eigenvalue weighted by Crippen LogP contribution is -2.43. The van der Waals surface area contributed by atoms with Crippen molar-refractivity contribution in [2.75, 3.05) is 24.9 Å². The molecule has 0 aliphatic carbocycles. The Morgan fingerprint density at radius 3 is 2.32 bits per heavy atom. The van der Waals surface area contributed by atoms with E-state index in [1.54, 1.807) is 19.1 Å². The highest BCUT2D eigenvalue weighted by Crippen LogP contribution is 2.24. The maximum Gasteiger partial charge on any atom is 0.324 e. The van der Waals surface area contributed by atoms with E-state index in [9.17, 15) is 13.2 Å². The maximum atomic E-state index is 12.2. The molecule has 0 saturated carbocycles. The highest BCUT2D eigenvalue weighted by molar-refractivity contribution is 7.90. The molecule has 1 aromatic rings.